The van der Waals surface area contributed by atoms with Crippen LogP contribution in [-0.2, 0) is 22.7 Å². The number of sulfone groups is 1. The molecule has 0 radical (unpaired) electrons. The molecule has 31 heavy (non-hydrogen) atoms. The van der Waals surface area contributed by atoms with E-state index in [0.717, 1.165) is 68.1 Å². The van der Waals surface area contributed by atoms with Crippen LogP contribution in [0.5, 0.6) is 0 Å². The van der Waals surface area contributed by atoms with E-state index in [1.165, 1.54) is 0 Å². The number of nitrogens with one attached hydrogen (secondary N) is 1. The van der Waals surface area contributed by atoms with Gasteiger partial charge in [-0.25, -0.2) is 8.42 Å². The first-order valence-corrected chi connectivity index (χ1v) is 12.9. The first-order valence-electron chi connectivity index (χ1n) is 11.1. The van der Waals surface area contributed by atoms with E-state index in [4.69, 9.17) is 0 Å². The Morgan fingerprint density at radius 2 is 1.84 bits per heavy atom. The van der Waals surface area contributed by atoms with E-state index in [1.54, 1.807) is 4.68 Å². The van der Waals surface area contributed by atoms with Crippen molar-refractivity contribution in [2.75, 3.05) is 54.9 Å². The number of aryl methyl sites for hydroxylation is 1. The number of rotatable bonds is 4. The molecule has 166 valence electrons. The van der Waals surface area contributed by atoms with Gasteiger partial charge in [0.2, 0.25) is 0 Å². The van der Waals surface area contributed by atoms with Gasteiger partial charge in [0, 0.05) is 43.1 Å². The molecule has 0 saturated carbocycles. The third-order valence-corrected chi connectivity index (χ3v) is 8.45. The van der Waals surface area contributed by atoms with Crippen molar-refractivity contribution in [1.29, 1.82) is 0 Å². The van der Waals surface area contributed by atoms with Crippen LogP contribution in [0.1, 0.15) is 40.6 Å². The van der Waals surface area contributed by atoms with Gasteiger partial charge in [-0.05, 0) is 57.0 Å². The van der Waals surface area contributed by atoms with Crippen molar-refractivity contribution in [3.8, 4) is 0 Å². The largest absolute Gasteiger partial charge is 0.369 e. The minimum atomic E-state index is -3.06. The summed E-state index contributed by atoms with van der Waals surface area (Å²) in [5.74, 6) is 0.0252. The van der Waals surface area contributed by atoms with Crippen LogP contribution in [-0.4, -0.2) is 73.7 Å². The lowest BCUT2D eigenvalue weighted by Gasteiger charge is -2.34. The predicted octanol–water partition coefficient (Wildman–Crippen LogP) is 1.74. The van der Waals surface area contributed by atoms with E-state index in [2.05, 4.69) is 27.3 Å². The van der Waals surface area contributed by atoms with Crippen LogP contribution in [0.2, 0.25) is 0 Å². The molecule has 8 nitrogen and oxygen atoms in total. The van der Waals surface area contributed by atoms with E-state index in [9.17, 15) is 13.2 Å². The number of nitrogens with zero attached hydrogens (tertiary/aromatic N) is 4. The molecule has 1 atom stereocenters. The summed E-state index contributed by atoms with van der Waals surface area (Å²) < 4.78 is 25.7. The van der Waals surface area contributed by atoms with Crippen molar-refractivity contribution in [1.82, 2.24) is 14.7 Å². The summed E-state index contributed by atoms with van der Waals surface area (Å²) in [6.45, 7) is 4.09. The Morgan fingerprint density at radius 3 is 2.52 bits per heavy atom. The average Bonchev–Trinajstić information content (AvgIpc) is 3.43. The second kappa shape index (κ2) is 7.94. The van der Waals surface area contributed by atoms with E-state index in [-0.39, 0.29) is 23.5 Å². The fraction of sp³-hybridized carbons (Fsp3) is 0.545. The monoisotopic (exact) mass is 443 g/mol. The minimum Gasteiger partial charge on any atom is -0.369 e. The highest BCUT2D eigenvalue weighted by Crippen LogP contribution is 2.32. The zero-order valence-corrected chi connectivity index (χ0v) is 18.7. The molecule has 3 aliphatic rings. The molecule has 0 unspecified atom stereocenters. The van der Waals surface area contributed by atoms with Crippen LogP contribution >= 0.6 is 0 Å². The molecule has 1 N–H and O–H groups in total. The molecule has 0 spiro atoms. The molecule has 1 aliphatic carbocycles. The SMILES string of the molecule is CN1CCN(c2ccc(NC(=O)c3c4c(nn3[C@@H]3CCS(=O)(=O)C3)CCC4)cc2)CC1. The summed E-state index contributed by atoms with van der Waals surface area (Å²) in [5, 5.41) is 7.68. The Hall–Kier alpha value is -2.39. The number of fused-ring (bicyclic) bond motifs is 1. The van der Waals surface area contributed by atoms with Crippen molar-refractivity contribution >= 4 is 27.1 Å². The van der Waals surface area contributed by atoms with Gasteiger partial charge in [0.05, 0.1) is 23.2 Å². The number of carbonyl (C=O) groups excluding carboxylic acids is 1. The molecular formula is C22H29N5O3S. The molecule has 5 rings (SSSR count). The summed E-state index contributed by atoms with van der Waals surface area (Å²) in [6, 6.07) is 7.72. The number of likely N-dealkylation sites (N-methyl/N-ethyl adjacent to an activating group) is 1. The Kier molecular flexibility index (Phi) is 5.26. The summed E-state index contributed by atoms with van der Waals surface area (Å²) >= 11 is 0. The van der Waals surface area contributed by atoms with Gasteiger partial charge in [0.15, 0.2) is 9.84 Å². The molecule has 1 amide bonds. The maximum Gasteiger partial charge on any atom is 0.274 e. The zero-order valence-electron chi connectivity index (χ0n) is 17.9. The minimum absolute atomic E-state index is 0.0631. The molecular weight excluding hydrogens is 414 g/mol. The van der Waals surface area contributed by atoms with E-state index in [0.29, 0.717) is 12.1 Å². The number of carbonyl (C=O) groups is 1. The molecule has 2 aliphatic heterocycles. The van der Waals surface area contributed by atoms with Crippen molar-refractivity contribution in [3.05, 3.63) is 41.2 Å². The highest BCUT2D eigenvalue weighted by atomic mass is 32.2. The average molecular weight is 444 g/mol. The van der Waals surface area contributed by atoms with Crippen LogP contribution < -0.4 is 10.2 Å². The lowest BCUT2D eigenvalue weighted by Crippen LogP contribution is -2.44. The van der Waals surface area contributed by atoms with Crippen LogP contribution in [0.25, 0.3) is 0 Å². The van der Waals surface area contributed by atoms with Gasteiger partial charge in [-0.3, -0.25) is 9.48 Å². The van der Waals surface area contributed by atoms with Crippen LogP contribution in [0.15, 0.2) is 24.3 Å². The summed E-state index contributed by atoms with van der Waals surface area (Å²) in [4.78, 5) is 17.9. The number of aromatic nitrogens is 2. The third-order valence-electron chi connectivity index (χ3n) is 6.70. The number of anilines is 2. The second-order valence-corrected chi connectivity index (χ2v) is 11.1. The normalized spacial score (nSPS) is 23.1. The first kappa shape index (κ1) is 20.5. The molecule has 1 aromatic carbocycles. The molecule has 2 aromatic rings. The summed E-state index contributed by atoms with van der Waals surface area (Å²) in [6.07, 6.45) is 3.17. The first-order chi connectivity index (χ1) is 14.9. The summed E-state index contributed by atoms with van der Waals surface area (Å²) in [5.41, 5.74) is 4.36. The van der Waals surface area contributed by atoms with Crippen molar-refractivity contribution in [2.24, 2.45) is 0 Å². The molecule has 2 fully saturated rings. The topological polar surface area (TPSA) is 87.5 Å². The Labute approximate surface area is 183 Å². The highest BCUT2D eigenvalue weighted by Gasteiger charge is 2.35. The van der Waals surface area contributed by atoms with Crippen LogP contribution in [0.3, 0.4) is 0 Å². The van der Waals surface area contributed by atoms with Gasteiger partial charge in [0.25, 0.3) is 5.91 Å². The zero-order chi connectivity index (χ0) is 21.6. The van der Waals surface area contributed by atoms with Gasteiger partial charge >= 0.3 is 0 Å². The van der Waals surface area contributed by atoms with Crippen molar-refractivity contribution in [3.63, 3.8) is 0 Å². The van der Waals surface area contributed by atoms with Crippen LogP contribution in [0, 0.1) is 0 Å². The standard InChI is InChI=1S/C22H29N5O3S/c1-25-10-12-26(13-11-25)17-7-5-16(6-8-17)23-22(28)21-19-3-2-4-20(19)24-27(21)18-9-14-31(29,30)15-18/h5-8,18H,2-4,9-15H2,1H3,(H,23,28)/t18-/m1/s1. The highest BCUT2D eigenvalue weighted by molar-refractivity contribution is 7.91. The fourth-order valence-electron chi connectivity index (χ4n) is 4.90. The predicted molar refractivity (Wildman–Crippen MR) is 121 cm³/mol. The van der Waals surface area contributed by atoms with Gasteiger partial charge in [0.1, 0.15) is 5.69 Å². The number of amides is 1. The maximum atomic E-state index is 13.3. The van der Waals surface area contributed by atoms with E-state index >= 15 is 0 Å². The quantitative estimate of drug-likeness (QED) is 0.775. The number of hydrogen-bond acceptors (Lipinski definition) is 6. The smallest absolute Gasteiger partial charge is 0.274 e. The lowest BCUT2D eigenvalue weighted by molar-refractivity contribution is 0.101. The molecule has 2 saturated heterocycles. The Balaban J connectivity index is 1.35. The molecule has 3 heterocycles. The van der Waals surface area contributed by atoms with Gasteiger partial charge in [-0.15, -0.1) is 0 Å². The fourth-order valence-corrected chi connectivity index (χ4v) is 6.59. The molecule has 1 aromatic heterocycles. The van der Waals surface area contributed by atoms with Crippen molar-refractivity contribution in [2.45, 2.75) is 31.7 Å². The summed E-state index contributed by atoms with van der Waals surface area (Å²) in [7, 11) is -0.919. The van der Waals surface area contributed by atoms with Gasteiger partial charge in [-0.2, -0.15) is 5.10 Å². The van der Waals surface area contributed by atoms with Gasteiger partial charge in [-0.1, -0.05) is 0 Å². The second-order valence-electron chi connectivity index (χ2n) is 8.92. The van der Waals surface area contributed by atoms with Crippen molar-refractivity contribution < 1.29 is 13.2 Å². The molecule has 9 heteroatoms. The number of benzene rings is 1. The maximum absolute atomic E-state index is 13.3. The van der Waals surface area contributed by atoms with Gasteiger partial charge < -0.3 is 15.1 Å². The van der Waals surface area contributed by atoms with E-state index < -0.39 is 9.84 Å². The molecule has 0 bridgehead atoms. The lowest BCUT2D eigenvalue weighted by atomic mass is 10.1. The van der Waals surface area contributed by atoms with Crippen LogP contribution in [0.4, 0.5) is 11.4 Å². The van der Waals surface area contributed by atoms with E-state index in [1.807, 2.05) is 24.3 Å². The number of piperazine rings is 1. The Bertz CT molecular complexity index is 1090. The number of hydrogen-bond donors (Lipinski definition) is 1. The Morgan fingerprint density at radius 1 is 1.10 bits per heavy atom. The third kappa shape index (κ3) is 4.08.